The Hall–Kier alpha value is -4.72. The zero-order chi connectivity index (χ0) is 25.9. The zero-order valence-corrected chi connectivity index (χ0v) is 20.3. The molecule has 1 aliphatic rings. The molecule has 1 atom stereocenters. The van der Waals surface area contributed by atoms with Crippen LogP contribution in [0.1, 0.15) is 38.0 Å². The van der Waals surface area contributed by atoms with Crippen LogP contribution in [0.15, 0.2) is 85.1 Å². The fourth-order valence-electron chi connectivity index (χ4n) is 4.68. The Morgan fingerprint density at radius 1 is 0.838 bits per heavy atom. The molecule has 0 spiro atoms. The van der Waals surface area contributed by atoms with Crippen molar-refractivity contribution >= 4 is 40.1 Å². The number of hydrogen-bond acceptors (Lipinski definition) is 4. The number of ketones is 1. The van der Waals surface area contributed by atoms with Crippen LogP contribution in [0.25, 0.3) is 10.9 Å². The summed E-state index contributed by atoms with van der Waals surface area (Å²) in [6, 6.07) is 22.7. The van der Waals surface area contributed by atoms with Gasteiger partial charge in [0.15, 0.2) is 0 Å². The number of nitrogens with zero attached hydrogens (tertiary/aromatic N) is 2. The van der Waals surface area contributed by atoms with Crippen LogP contribution in [0.4, 0.5) is 5.69 Å². The van der Waals surface area contributed by atoms with E-state index in [-0.39, 0.29) is 30.0 Å². The SMILES string of the molecule is CC1CN(C(=O)c2ccccc2)CCN1C(=O)C(=O)c1c[nH]c2c(NC(=O)c3ccccc3)cccc12. The molecule has 0 radical (unpaired) electrons. The maximum absolute atomic E-state index is 13.3. The van der Waals surface area contributed by atoms with E-state index >= 15 is 0 Å². The Kier molecular flexibility index (Phi) is 6.55. The van der Waals surface area contributed by atoms with E-state index in [0.717, 1.165) is 0 Å². The van der Waals surface area contributed by atoms with Crippen molar-refractivity contribution < 1.29 is 19.2 Å². The second kappa shape index (κ2) is 10.1. The molecule has 0 bridgehead atoms. The number of aromatic amines is 1. The Balaban J connectivity index is 1.31. The Morgan fingerprint density at radius 3 is 2.19 bits per heavy atom. The molecule has 0 saturated carbocycles. The van der Waals surface area contributed by atoms with Crippen LogP contribution in [-0.4, -0.2) is 64.0 Å². The maximum Gasteiger partial charge on any atom is 0.295 e. The molecule has 0 aliphatic carbocycles. The molecule has 1 aliphatic heterocycles. The Bertz CT molecular complexity index is 1480. The summed E-state index contributed by atoms with van der Waals surface area (Å²) in [6.45, 7) is 2.80. The molecule has 1 saturated heterocycles. The largest absolute Gasteiger partial charge is 0.359 e. The number of amides is 3. The van der Waals surface area contributed by atoms with Crippen LogP contribution in [0.5, 0.6) is 0 Å². The number of H-pyrrole nitrogens is 1. The van der Waals surface area contributed by atoms with Gasteiger partial charge in [-0.15, -0.1) is 0 Å². The Labute approximate surface area is 213 Å². The van der Waals surface area contributed by atoms with Crippen molar-refractivity contribution in [1.82, 2.24) is 14.8 Å². The van der Waals surface area contributed by atoms with Crippen LogP contribution in [0.2, 0.25) is 0 Å². The average Bonchev–Trinajstić information content (AvgIpc) is 3.38. The predicted octanol–water partition coefficient (Wildman–Crippen LogP) is 3.98. The van der Waals surface area contributed by atoms with E-state index in [1.165, 1.54) is 11.1 Å². The number of fused-ring (bicyclic) bond motifs is 1. The minimum Gasteiger partial charge on any atom is -0.359 e. The molecule has 37 heavy (non-hydrogen) atoms. The molecular formula is C29H26N4O4. The van der Waals surface area contributed by atoms with E-state index in [0.29, 0.717) is 40.8 Å². The molecule has 2 heterocycles. The van der Waals surface area contributed by atoms with Gasteiger partial charge in [0.2, 0.25) is 0 Å². The first-order valence-corrected chi connectivity index (χ1v) is 12.1. The van der Waals surface area contributed by atoms with Gasteiger partial charge in [-0.05, 0) is 37.3 Å². The number of carbonyl (C=O) groups excluding carboxylic acids is 4. The van der Waals surface area contributed by atoms with Crippen LogP contribution in [0, 0.1) is 0 Å². The molecule has 1 fully saturated rings. The summed E-state index contributed by atoms with van der Waals surface area (Å²) >= 11 is 0. The highest BCUT2D eigenvalue weighted by molar-refractivity contribution is 6.45. The van der Waals surface area contributed by atoms with Crippen molar-refractivity contribution in [2.75, 3.05) is 25.0 Å². The van der Waals surface area contributed by atoms with E-state index in [1.54, 1.807) is 59.5 Å². The van der Waals surface area contributed by atoms with Gasteiger partial charge in [-0.2, -0.15) is 0 Å². The Morgan fingerprint density at radius 2 is 1.51 bits per heavy atom. The summed E-state index contributed by atoms with van der Waals surface area (Å²) in [5.41, 5.74) is 2.43. The van der Waals surface area contributed by atoms with Crippen molar-refractivity contribution in [1.29, 1.82) is 0 Å². The van der Waals surface area contributed by atoms with Crippen molar-refractivity contribution in [3.05, 3.63) is 102 Å². The maximum atomic E-state index is 13.3. The van der Waals surface area contributed by atoms with Crippen molar-refractivity contribution in [3.63, 3.8) is 0 Å². The number of piperazine rings is 1. The zero-order valence-electron chi connectivity index (χ0n) is 20.3. The average molecular weight is 495 g/mol. The molecular weight excluding hydrogens is 468 g/mol. The molecule has 1 aromatic heterocycles. The molecule has 186 valence electrons. The van der Waals surface area contributed by atoms with Gasteiger partial charge in [-0.25, -0.2) is 0 Å². The third-order valence-corrected chi connectivity index (χ3v) is 6.63. The molecule has 8 heteroatoms. The topological polar surface area (TPSA) is 103 Å². The molecule has 1 unspecified atom stereocenters. The van der Waals surface area contributed by atoms with Gasteiger partial charge in [0.25, 0.3) is 23.5 Å². The lowest BCUT2D eigenvalue weighted by molar-refractivity contribution is -0.130. The highest BCUT2D eigenvalue weighted by Crippen LogP contribution is 2.27. The fraction of sp³-hybridized carbons (Fsp3) is 0.172. The first kappa shape index (κ1) is 24.0. The van der Waals surface area contributed by atoms with Gasteiger partial charge in [0.1, 0.15) is 0 Å². The number of benzene rings is 3. The van der Waals surface area contributed by atoms with Crippen LogP contribution >= 0.6 is 0 Å². The standard InChI is InChI=1S/C29H26N4O4/c1-19-18-32(28(36)21-11-6-3-7-12-21)15-16-33(19)29(37)26(34)23-17-30-25-22(23)13-8-14-24(25)31-27(35)20-9-4-2-5-10-20/h2-14,17,19,30H,15-16,18H2,1H3,(H,31,35). The monoisotopic (exact) mass is 494 g/mol. The van der Waals surface area contributed by atoms with E-state index < -0.39 is 11.7 Å². The normalized spacial score (nSPS) is 15.4. The first-order chi connectivity index (χ1) is 17.9. The first-order valence-electron chi connectivity index (χ1n) is 12.1. The highest BCUT2D eigenvalue weighted by atomic mass is 16.2. The van der Waals surface area contributed by atoms with Crippen molar-refractivity contribution in [2.24, 2.45) is 0 Å². The van der Waals surface area contributed by atoms with Crippen LogP contribution in [-0.2, 0) is 4.79 Å². The van der Waals surface area contributed by atoms with Crippen molar-refractivity contribution in [3.8, 4) is 0 Å². The van der Waals surface area contributed by atoms with Gasteiger partial charge in [-0.3, -0.25) is 19.2 Å². The van der Waals surface area contributed by atoms with E-state index in [9.17, 15) is 19.2 Å². The van der Waals surface area contributed by atoms with Crippen molar-refractivity contribution in [2.45, 2.75) is 13.0 Å². The minimum absolute atomic E-state index is 0.0902. The number of carbonyl (C=O) groups is 4. The van der Waals surface area contributed by atoms with Gasteiger partial charge < -0.3 is 20.1 Å². The summed E-state index contributed by atoms with van der Waals surface area (Å²) in [7, 11) is 0. The number of para-hydroxylation sites is 1. The van der Waals surface area contributed by atoms with Gasteiger partial charge in [-0.1, -0.05) is 48.5 Å². The number of aromatic nitrogens is 1. The molecule has 3 aromatic carbocycles. The quantitative estimate of drug-likeness (QED) is 0.324. The summed E-state index contributed by atoms with van der Waals surface area (Å²) in [5, 5.41) is 3.42. The van der Waals surface area contributed by atoms with Gasteiger partial charge in [0, 0.05) is 48.4 Å². The lowest BCUT2D eigenvalue weighted by Gasteiger charge is -2.39. The minimum atomic E-state index is -0.632. The lowest BCUT2D eigenvalue weighted by Crippen LogP contribution is -2.56. The number of hydrogen-bond donors (Lipinski definition) is 2. The van der Waals surface area contributed by atoms with Gasteiger partial charge in [0.05, 0.1) is 16.8 Å². The molecule has 2 N–H and O–H groups in total. The smallest absolute Gasteiger partial charge is 0.295 e. The fourth-order valence-corrected chi connectivity index (χ4v) is 4.68. The summed E-state index contributed by atoms with van der Waals surface area (Å²) in [4.78, 5) is 58.2. The summed E-state index contributed by atoms with van der Waals surface area (Å²) in [6.07, 6.45) is 1.50. The number of rotatable bonds is 5. The number of Topliss-reactive ketones (excluding diaryl/α,β-unsaturated/α-hetero) is 1. The summed E-state index contributed by atoms with van der Waals surface area (Å²) in [5.74, 6) is -1.61. The third-order valence-electron chi connectivity index (χ3n) is 6.63. The molecule has 8 nitrogen and oxygen atoms in total. The molecule has 3 amide bonds. The summed E-state index contributed by atoms with van der Waals surface area (Å²) < 4.78 is 0. The predicted molar refractivity (Wildman–Crippen MR) is 141 cm³/mol. The number of anilines is 1. The second-order valence-electron chi connectivity index (χ2n) is 9.04. The van der Waals surface area contributed by atoms with Crippen LogP contribution < -0.4 is 5.32 Å². The second-order valence-corrected chi connectivity index (χ2v) is 9.04. The number of nitrogens with one attached hydrogen (secondary N) is 2. The lowest BCUT2D eigenvalue weighted by atomic mass is 10.1. The third kappa shape index (κ3) is 4.73. The van der Waals surface area contributed by atoms with E-state index in [4.69, 9.17) is 0 Å². The molecule has 4 aromatic rings. The highest BCUT2D eigenvalue weighted by Gasteiger charge is 2.34. The van der Waals surface area contributed by atoms with E-state index in [2.05, 4.69) is 10.3 Å². The van der Waals surface area contributed by atoms with Crippen LogP contribution in [0.3, 0.4) is 0 Å². The molecule has 5 rings (SSSR count). The van der Waals surface area contributed by atoms with E-state index in [1.807, 2.05) is 31.2 Å². The van der Waals surface area contributed by atoms with Gasteiger partial charge >= 0.3 is 0 Å².